The summed E-state index contributed by atoms with van der Waals surface area (Å²) >= 11 is 3.20. The van der Waals surface area contributed by atoms with Crippen LogP contribution in [0.15, 0.2) is 41.1 Å². The maximum Gasteiger partial charge on any atom is 0.253 e. The van der Waals surface area contributed by atoms with E-state index in [-0.39, 0.29) is 11.3 Å². The van der Waals surface area contributed by atoms with Crippen LogP contribution in [0.2, 0.25) is 0 Å². The highest BCUT2D eigenvalue weighted by Gasteiger charge is 2.32. The van der Waals surface area contributed by atoms with Gasteiger partial charge in [0.2, 0.25) is 0 Å². The molecule has 0 saturated heterocycles. The Kier molecular flexibility index (Phi) is 5.85. The summed E-state index contributed by atoms with van der Waals surface area (Å²) in [6.07, 6.45) is 2.86. The minimum Gasteiger partial charge on any atom is -0.390 e. The van der Waals surface area contributed by atoms with Crippen molar-refractivity contribution in [3.8, 4) is 0 Å². The number of halogens is 2. The molecule has 2 aromatic rings. The number of carbonyl (C=O) groups excluding carboxylic acids is 1. The molecule has 0 spiro atoms. The van der Waals surface area contributed by atoms with E-state index in [4.69, 9.17) is 0 Å². The van der Waals surface area contributed by atoms with Crippen molar-refractivity contribution in [3.63, 3.8) is 0 Å². The van der Waals surface area contributed by atoms with Gasteiger partial charge in [0.25, 0.3) is 5.91 Å². The number of hydrogen-bond acceptors (Lipinski definition) is 5. The standard InChI is InChI=1S/C18H19BrFN3O3/c19-10-4-5-13(12(20)8-10)22-15-9-21-7-6-11(15)18(26)23-14-2-1-3-16(24)17(14)25/h4-9,14,16-17,22,24-25H,1-3H2,(H,23,26)/t14-,16-,17+/m1/s1. The van der Waals surface area contributed by atoms with Crippen molar-refractivity contribution in [2.24, 2.45) is 0 Å². The number of benzene rings is 1. The monoisotopic (exact) mass is 423 g/mol. The van der Waals surface area contributed by atoms with Crippen LogP contribution in [0.4, 0.5) is 15.8 Å². The van der Waals surface area contributed by atoms with Crippen LogP contribution in [0.5, 0.6) is 0 Å². The molecule has 1 heterocycles. The number of anilines is 2. The van der Waals surface area contributed by atoms with Gasteiger partial charge in [-0.25, -0.2) is 4.39 Å². The molecule has 0 radical (unpaired) electrons. The van der Waals surface area contributed by atoms with Gasteiger partial charge in [-0.1, -0.05) is 15.9 Å². The van der Waals surface area contributed by atoms with E-state index in [0.29, 0.717) is 29.4 Å². The number of rotatable bonds is 4. The molecule has 1 aromatic carbocycles. The Hall–Kier alpha value is -2.03. The Balaban J connectivity index is 1.79. The SMILES string of the molecule is O=C(N[C@@H]1CCC[C@@H](O)[C@H]1O)c1ccncc1Nc1ccc(Br)cc1F. The lowest BCUT2D eigenvalue weighted by Crippen LogP contribution is -2.51. The number of aromatic nitrogens is 1. The topological polar surface area (TPSA) is 94.5 Å². The average Bonchev–Trinajstić information content (AvgIpc) is 2.62. The van der Waals surface area contributed by atoms with E-state index >= 15 is 0 Å². The summed E-state index contributed by atoms with van der Waals surface area (Å²) in [5.41, 5.74) is 0.829. The quantitative estimate of drug-likeness (QED) is 0.606. The van der Waals surface area contributed by atoms with E-state index in [9.17, 15) is 19.4 Å². The minimum absolute atomic E-state index is 0.211. The molecule has 1 aromatic heterocycles. The molecule has 1 saturated carbocycles. The van der Waals surface area contributed by atoms with Crippen LogP contribution in [0.3, 0.4) is 0 Å². The third kappa shape index (κ3) is 4.20. The third-order valence-electron chi connectivity index (χ3n) is 4.40. The van der Waals surface area contributed by atoms with Crippen molar-refractivity contribution in [3.05, 3.63) is 52.5 Å². The van der Waals surface area contributed by atoms with Crippen LogP contribution >= 0.6 is 15.9 Å². The Labute approximate surface area is 158 Å². The number of aliphatic hydroxyl groups excluding tert-OH is 2. The smallest absolute Gasteiger partial charge is 0.253 e. The van der Waals surface area contributed by atoms with Gasteiger partial charge in [0, 0.05) is 10.7 Å². The van der Waals surface area contributed by atoms with E-state index in [1.807, 2.05) is 0 Å². The van der Waals surface area contributed by atoms with Crippen LogP contribution < -0.4 is 10.6 Å². The van der Waals surface area contributed by atoms with E-state index < -0.39 is 30.0 Å². The molecule has 138 valence electrons. The second-order valence-corrected chi connectivity index (χ2v) is 7.15. The lowest BCUT2D eigenvalue weighted by atomic mass is 9.90. The van der Waals surface area contributed by atoms with Crippen LogP contribution in [0.1, 0.15) is 29.6 Å². The van der Waals surface area contributed by atoms with E-state index in [0.717, 1.165) is 0 Å². The first-order valence-electron chi connectivity index (χ1n) is 8.29. The van der Waals surface area contributed by atoms with Crippen LogP contribution in [0, 0.1) is 5.82 Å². The molecular weight excluding hydrogens is 405 g/mol. The largest absolute Gasteiger partial charge is 0.390 e. The first-order valence-corrected chi connectivity index (χ1v) is 9.08. The number of nitrogens with one attached hydrogen (secondary N) is 2. The van der Waals surface area contributed by atoms with E-state index in [2.05, 4.69) is 31.5 Å². The average molecular weight is 424 g/mol. The molecule has 26 heavy (non-hydrogen) atoms. The van der Waals surface area contributed by atoms with E-state index in [1.54, 1.807) is 12.1 Å². The highest BCUT2D eigenvalue weighted by Crippen LogP contribution is 2.25. The summed E-state index contributed by atoms with van der Waals surface area (Å²) in [6.45, 7) is 0. The van der Waals surface area contributed by atoms with E-state index in [1.165, 1.54) is 24.5 Å². The normalized spacial score (nSPS) is 22.7. The molecule has 1 aliphatic carbocycles. The number of aliphatic hydroxyl groups is 2. The zero-order valence-corrected chi connectivity index (χ0v) is 15.4. The number of carbonyl (C=O) groups is 1. The predicted octanol–water partition coefficient (Wildman–Crippen LogP) is 2.73. The lowest BCUT2D eigenvalue weighted by Gasteiger charge is -2.32. The van der Waals surface area contributed by atoms with Gasteiger partial charge in [-0.3, -0.25) is 9.78 Å². The molecule has 3 rings (SSSR count). The van der Waals surface area contributed by atoms with Crippen molar-refractivity contribution in [1.82, 2.24) is 10.3 Å². The number of nitrogens with zero attached hydrogens (tertiary/aromatic N) is 1. The Bertz CT molecular complexity index is 805. The first-order chi connectivity index (χ1) is 12.5. The van der Waals surface area contributed by atoms with Gasteiger partial charge >= 0.3 is 0 Å². The van der Waals surface area contributed by atoms with Gasteiger partial charge in [0.15, 0.2) is 0 Å². The summed E-state index contributed by atoms with van der Waals surface area (Å²) in [5, 5.41) is 25.4. The van der Waals surface area contributed by atoms with Crippen LogP contribution in [0.25, 0.3) is 0 Å². The Morgan fingerprint density at radius 3 is 2.81 bits per heavy atom. The molecule has 0 bridgehead atoms. The first kappa shape index (κ1) is 18.8. The zero-order chi connectivity index (χ0) is 18.7. The highest BCUT2D eigenvalue weighted by atomic mass is 79.9. The molecule has 1 fully saturated rings. The fraction of sp³-hybridized carbons (Fsp3) is 0.333. The van der Waals surface area contributed by atoms with Gasteiger partial charge in [0.1, 0.15) is 5.82 Å². The fourth-order valence-corrected chi connectivity index (χ4v) is 3.32. The zero-order valence-electron chi connectivity index (χ0n) is 13.8. The van der Waals surface area contributed by atoms with Crippen molar-refractivity contribution >= 4 is 33.2 Å². The Morgan fingerprint density at radius 1 is 1.23 bits per heavy atom. The van der Waals surface area contributed by atoms with Gasteiger partial charge in [-0.15, -0.1) is 0 Å². The van der Waals surface area contributed by atoms with Crippen molar-refractivity contribution in [2.45, 2.75) is 37.5 Å². The summed E-state index contributed by atoms with van der Waals surface area (Å²) in [4.78, 5) is 16.6. The van der Waals surface area contributed by atoms with Crippen molar-refractivity contribution in [2.75, 3.05) is 5.32 Å². The number of hydrogen-bond donors (Lipinski definition) is 4. The second kappa shape index (κ2) is 8.11. The second-order valence-electron chi connectivity index (χ2n) is 6.24. The molecular formula is C18H19BrFN3O3. The molecule has 0 aliphatic heterocycles. The maximum atomic E-state index is 14.1. The molecule has 6 nitrogen and oxygen atoms in total. The van der Waals surface area contributed by atoms with Crippen LogP contribution in [-0.4, -0.2) is 39.4 Å². The van der Waals surface area contributed by atoms with Crippen molar-refractivity contribution < 1.29 is 19.4 Å². The lowest BCUT2D eigenvalue weighted by molar-refractivity contribution is -0.0277. The van der Waals surface area contributed by atoms with Gasteiger partial charge in [-0.2, -0.15) is 0 Å². The number of pyridine rings is 1. The van der Waals surface area contributed by atoms with Gasteiger partial charge < -0.3 is 20.8 Å². The molecule has 1 aliphatic rings. The molecule has 3 atom stereocenters. The van der Waals surface area contributed by atoms with Gasteiger partial charge in [0.05, 0.1) is 41.4 Å². The molecule has 0 unspecified atom stereocenters. The summed E-state index contributed by atoms with van der Waals surface area (Å²) in [6, 6.07) is 5.53. The summed E-state index contributed by atoms with van der Waals surface area (Å²) in [5.74, 6) is -0.897. The fourth-order valence-electron chi connectivity index (χ4n) is 2.99. The highest BCUT2D eigenvalue weighted by molar-refractivity contribution is 9.10. The van der Waals surface area contributed by atoms with Gasteiger partial charge in [-0.05, 0) is 43.5 Å². The third-order valence-corrected chi connectivity index (χ3v) is 4.90. The maximum absolute atomic E-state index is 14.1. The Morgan fingerprint density at radius 2 is 2.04 bits per heavy atom. The minimum atomic E-state index is -1.00. The summed E-state index contributed by atoms with van der Waals surface area (Å²) in [7, 11) is 0. The van der Waals surface area contributed by atoms with Crippen LogP contribution in [-0.2, 0) is 0 Å². The molecule has 4 N–H and O–H groups in total. The number of amides is 1. The predicted molar refractivity (Wildman–Crippen MR) is 98.7 cm³/mol. The molecule has 8 heteroatoms. The molecule has 1 amide bonds. The summed E-state index contributed by atoms with van der Waals surface area (Å²) < 4.78 is 14.7. The van der Waals surface area contributed by atoms with Crippen molar-refractivity contribution in [1.29, 1.82) is 0 Å².